The third-order valence-electron chi connectivity index (χ3n) is 4.13. The zero-order valence-electron chi connectivity index (χ0n) is 13.8. The molecule has 26 heavy (non-hydrogen) atoms. The molecule has 10 heteroatoms. The molecule has 1 aliphatic heterocycles. The van der Waals surface area contributed by atoms with Gasteiger partial charge in [0.2, 0.25) is 0 Å². The van der Waals surface area contributed by atoms with Gasteiger partial charge in [0.15, 0.2) is 4.11 Å². The van der Waals surface area contributed by atoms with Crippen LogP contribution in [0.5, 0.6) is 0 Å². The van der Waals surface area contributed by atoms with E-state index in [-0.39, 0.29) is 24.7 Å². The van der Waals surface area contributed by atoms with E-state index in [1.807, 2.05) is 22.6 Å². The fraction of sp³-hybridized carbons (Fsp3) is 0.500. The minimum absolute atomic E-state index is 0.00713. The summed E-state index contributed by atoms with van der Waals surface area (Å²) in [6.45, 7) is 0.139. The Labute approximate surface area is 163 Å². The standard InChI is InChI=1S/C16H19IN2O7/c17-15(10-4-6-11(7-5-10)19(24)25)26-16(23)18-9-13(20)8-12(18)2-1-3-14(21)22/h4-7,12-13,15,20H,1-3,8-9H2,(H,21,22)/t12-,13-,15?/m1/s1. The van der Waals surface area contributed by atoms with E-state index in [2.05, 4.69) is 0 Å². The smallest absolute Gasteiger partial charge is 0.411 e. The SMILES string of the molecule is O=C(O)CCC[C@@H]1C[C@@H](O)CN1C(=O)OC(I)c1ccc([N+](=O)[O-])cc1. The van der Waals surface area contributed by atoms with E-state index in [1.165, 1.54) is 29.2 Å². The van der Waals surface area contributed by atoms with Crippen LogP contribution in [0, 0.1) is 10.1 Å². The Morgan fingerprint density at radius 2 is 2.04 bits per heavy atom. The van der Waals surface area contributed by atoms with Crippen molar-refractivity contribution in [2.45, 2.75) is 41.9 Å². The van der Waals surface area contributed by atoms with Crippen LogP contribution in [0.15, 0.2) is 24.3 Å². The van der Waals surface area contributed by atoms with Gasteiger partial charge in [-0.3, -0.25) is 14.9 Å². The van der Waals surface area contributed by atoms with Gasteiger partial charge in [-0.2, -0.15) is 0 Å². The fourth-order valence-electron chi connectivity index (χ4n) is 2.85. The van der Waals surface area contributed by atoms with Gasteiger partial charge >= 0.3 is 12.1 Å². The number of nitro benzene ring substituents is 1. The Bertz CT molecular complexity index is 667. The number of aliphatic hydroxyl groups is 1. The number of aliphatic hydroxyl groups excluding tert-OH is 1. The van der Waals surface area contributed by atoms with Crippen molar-refractivity contribution in [3.05, 3.63) is 39.9 Å². The van der Waals surface area contributed by atoms with Crippen molar-refractivity contribution in [1.82, 2.24) is 4.90 Å². The minimum Gasteiger partial charge on any atom is -0.481 e. The zero-order valence-corrected chi connectivity index (χ0v) is 15.9. The quantitative estimate of drug-likeness (QED) is 0.267. The molecule has 0 radical (unpaired) electrons. The second-order valence-electron chi connectivity index (χ2n) is 6.03. The lowest BCUT2D eigenvalue weighted by Gasteiger charge is -2.25. The van der Waals surface area contributed by atoms with Crippen molar-refractivity contribution in [2.75, 3.05) is 6.54 Å². The molecule has 1 heterocycles. The molecule has 142 valence electrons. The van der Waals surface area contributed by atoms with E-state index in [4.69, 9.17) is 9.84 Å². The number of alkyl halides is 1. The Hall–Kier alpha value is -1.95. The lowest BCUT2D eigenvalue weighted by Crippen LogP contribution is -2.36. The molecule has 1 fully saturated rings. The molecular formula is C16H19IN2O7. The number of hydrogen-bond donors (Lipinski definition) is 2. The highest BCUT2D eigenvalue weighted by Gasteiger charge is 2.35. The highest BCUT2D eigenvalue weighted by atomic mass is 127. The van der Waals surface area contributed by atoms with Crippen molar-refractivity contribution < 1.29 is 29.5 Å². The maximum atomic E-state index is 12.4. The summed E-state index contributed by atoms with van der Waals surface area (Å²) in [6, 6.07) is 5.45. The number of amides is 1. The molecule has 0 saturated carbocycles. The molecule has 2 rings (SSSR count). The number of carbonyl (C=O) groups excluding carboxylic acids is 1. The number of aliphatic carboxylic acids is 1. The van der Waals surface area contributed by atoms with E-state index in [1.54, 1.807) is 0 Å². The summed E-state index contributed by atoms with van der Waals surface area (Å²) in [5.74, 6) is -0.900. The van der Waals surface area contributed by atoms with Gasteiger partial charge in [-0.25, -0.2) is 4.79 Å². The summed E-state index contributed by atoms with van der Waals surface area (Å²) in [4.78, 5) is 34.6. The largest absolute Gasteiger partial charge is 0.481 e. The number of non-ortho nitro benzene ring substituents is 1. The molecule has 1 unspecified atom stereocenters. The number of benzene rings is 1. The third kappa shape index (κ3) is 5.53. The Morgan fingerprint density at radius 3 is 2.62 bits per heavy atom. The molecule has 3 atom stereocenters. The van der Waals surface area contributed by atoms with Gasteiger partial charge in [0.25, 0.3) is 5.69 Å². The van der Waals surface area contributed by atoms with Crippen LogP contribution in [0.25, 0.3) is 0 Å². The van der Waals surface area contributed by atoms with Gasteiger partial charge in [-0.15, -0.1) is 0 Å². The number of ether oxygens (including phenoxy) is 1. The van der Waals surface area contributed by atoms with Crippen molar-refractivity contribution in [3.63, 3.8) is 0 Å². The van der Waals surface area contributed by atoms with Gasteiger partial charge in [-0.05, 0) is 54.0 Å². The Morgan fingerprint density at radius 1 is 1.38 bits per heavy atom. The van der Waals surface area contributed by atoms with Crippen LogP contribution in [0.3, 0.4) is 0 Å². The van der Waals surface area contributed by atoms with E-state index < -0.39 is 27.2 Å². The van der Waals surface area contributed by atoms with E-state index >= 15 is 0 Å². The van der Waals surface area contributed by atoms with Gasteiger partial charge in [0.05, 0.1) is 17.6 Å². The Kier molecular flexibility index (Phi) is 7.14. The first-order valence-corrected chi connectivity index (χ1v) is 9.28. The number of carbonyl (C=O) groups is 2. The lowest BCUT2D eigenvalue weighted by atomic mass is 10.1. The molecule has 0 bridgehead atoms. The highest BCUT2D eigenvalue weighted by molar-refractivity contribution is 14.1. The summed E-state index contributed by atoms with van der Waals surface area (Å²) in [5.41, 5.74) is 0.552. The molecule has 1 amide bonds. The maximum absolute atomic E-state index is 12.4. The van der Waals surface area contributed by atoms with Gasteiger partial charge in [-0.1, -0.05) is 0 Å². The molecule has 0 aliphatic carbocycles. The predicted molar refractivity (Wildman–Crippen MR) is 98.9 cm³/mol. The zero-order chi connectivity index (χ0) is 19.3. The number of hydrogen-bond acceptors (Lipinski definition) is 6. The average molecular weight is 478 g/mol. The van der Waals surface area contributed by atoms with Crippen LogP contribution in [0.2, 0.25) is 0 Å². The summed E-state index contributed by atoms with van der Waals surface area (Å²) >= 11 is 1.91. The normalized spacial score (nSPS) is 20.6. The summed E-state index contributed by atoms with van der Waals surface area (Å²) in [7, 11) is 0. The Balaban J connectivity index is 1.95. The number of nitro groups is 1. The minimum atomic E-state index is -0.900. The summed E-state index contributed by atoms with van der Waals surface area (Å²) < 4.78 is 4.76. The third-order valence-corrected chi connectivity index (χ3v) is 5.10. The average Bonchev–Trinajstić information content (AvgIpc) is 2.95. The number of β-amino-alcohol motifs (C(OH)–C–C–N with tert-alkyl or cyclic N) is 1. The number of halogens is 1. The van der Waals surface area contributed by atoms with Crippen molar-refractivity contribution in [1.29, 1.82) is 0 Å². The van der Waals surface area contributed by atoms with Crippen LogP contribution in [0.4, 0.5) is 10.5 Å². The first kappa shape index (κ1) is 20.4. The van der Waals surface area contributed by atoms with Crippen molar-refractivity contribution in [2.24, 2.45) is 0 Å². The number of carboxylic acids is 1. The second-order valence-corrected chi connectivity index (χ2v) is 7.16. The molecule has 0 spiro atoms. The van der Waals surface area contributed by atoms with Crippen molar-refractivity contribution >= 4 is 40.3 Å². The van der Waals surface area contributed by atoms with Crippen molar-refractivity contribution in [3.8, 4) is 0 Å². The topological polar surface area (TPSA) is 130 Å². The van der Waals surface area contributed by atoms with Crippen LogP contribution < -0.4 is 0 Å². The number of rotatable bonds is 7. The molecule has 2 N–H and O–H groups in total. The van der Waals surface area contributed by atoms with Crippen LogP contribution in [0.1, 0.15) is 35.4 Å². The van der Waals surface area contributed by atoms with Gasteiger partial charge in [0, 0.05) is 30.2 Å². The molecule has 9 nitrogen and oxygen atoms in total. The monoisotopic (exact) mass is 478 g/mol. The molecule has 1 saturated heterocycles. The predicted octanol–water partition coefficient (Wildman–Crippen LogP) is 2.86. The maximum Gasteiger partial charge on any atom is 0.411 e. The molecule has 1 aromatic carbocycles. The fourth-order valence-corrected chi connectivity index (χ4v) is 3.48. The van der Waals surface area contributed by atoms with E-state index in [0.29, 0.717) is 24.8 Å². The summed E-state index contributed by atoms with van der Waals surface area (Å²) in [5, 5.41) is 29.2. The first-order valence-electron chi connectivity index (χ1n) is 8.03. The van der Waals surface area contributed by atoms with Gasteiger partial charge in [0.1, 0.15) is 0 Å². The first-order chi connectivity index (χ1) is 12.3. The van der Waals surface area contributed by atoms with Crippen LogP contribution >= 0.6 is 22.6 Å². The van der Waals surface area contributed by atoms with Crippen LogP contribution in [-0.2, 0) is 9.53 Å². The molecule has 0 aromatic heterocycles. The van der Waals surface area contributed by atoms with E-state index in [9.17, 15) is 24.8 Å². The summed E-state index contributed by atoms with van der Waals surface area (Å²) in [6.07, 6.45) is 0.0174. The highest BCUT2D eigenvalue weighted by Crippen LogP contribution is 2.30. The molecule has 1 aromatic rings. The number of nitrogens with zero attached hydrogens (tertiary/aromatic N) is 2. The number of likely N-dealkylation sites (tertiary alicyclic amines) is 1. The van der Waals surface area contributed by atoms with Crippen LogP contribution in [-0.4, -0.2) is 50.8 Å². The lowest BCUT2D eigenvalue weighted by molar-refractivity contribution is -0.384. The van der Waals surface area contributed by atoms with E-state index in [0.717, 1.165) is 0 Å². The van der Waals surface area contributed by atoms with Gasteiger partial charge < -0.3 is 19.8 Å². The molecule has 1 aliphatic rings. The molecular weight excluding hydrogens is 459 g/mol. The number of carboxylic acid groups (broad SMARTS) is 1. The second kappa shape index (κ2) is 9.12.